The fraction of sp³-hybridized carbons (Fsp3) is 0.621. The van der Waals surface area contributed by atoms with Crippen molar-refractivity contribution in [2.24, 2.45) is 17.3 Å². The molecule has 1 N–H and O–H groups in total. The first-order valence-corrected chi connectivity index (χ1v) is 12.7. The predicted molar refractivity (Wildman–Crippen MR) is 132 cm³/mol. The van der Waals surface area contributed by atoms with Crippen LogP contribution in [0.15, 0.2) is 47.1 Å². The van der Waals surface area contributed by atoms with Crippen LogP contribution < -0.4 is 4.90 Å². The summed E-state index contributed by atoms with van der Waals surface area (Å²) in [5.41, 5.74) is 6.12. The molecule has 0 heterocycles. The minimum Gasteiger partial charge on any atom is -0.389 e. The van der Waals surface area contributed by atoms with Crippen LogP contribution in [0.2, 0.25) is 0 Å². The van der Waals surface area contributed by atoms with Crippen molar-refractivity contribution in [3.63, 3.8) is 0 Å². The van der Waals surface area contributed by atoms with Crippen LogP contribution in [0.25, 0.3) is 0 Å². The van der Waals surface area contributed by atoms with Crippen LogP contribution in [0.1, 0.15) is 69.8 Å². The highest BCUT2D eigenvalue weighted by molar-refractivity contribution is 5.93. The van der Waals surface area contributed by atoms with Gasteiger partial charge in [0.1, 0.15) is 0 Å². The number of carbonyl (C=O) groups excluding carboxylic acids is 1. The number of hydrogen-bond donors (Lipinski definition) is 1. The number of methoxy groups -OCH3 is 1. The maximum absolute atomic E-state index is 12.2. The van der Waals surface area contributed by atoms with Gasteiger partial charge in [-0.3, -0.25) is 4.79 Å². The van der Waals surface area contributed by atoms with E-state index in [0.717, 1.165) is 38.5 Å². The minimum absolute atomic E-state index is 0.128. The largest absolute Gasteiger partial charge is 0.389 e. The maximum atomic E-state index is 12.2. The van der Waals surface area contributed by atoms with Crippen LogP contribution >= 0.6 is 0 Å². The normalized spacial score (nSPS) is 35.6. The standard InChI is InChI=1S/C29H39NO3/c1-28-18-25(19-5-8-21(9-6-19)30(2)3)27-23-12-10-22(31)17-20(23)7-11-24(27)26(28)13-14-29(28,32)15-16-33-4/h5-6,8-9,17,24-26,32H,7,10-16,18H2,1-4H3/t24-,25+,26-,28-,29+/m0/s1. The quantitative estimate of drug-likeness (QED) is 0.652. The number of carbonyl (C=O) groups is 1. The van der Waals surface area contributed by atoms with Crippen molar-refractivity contribution in [3.05, 3.63) is 52.6 Å². The van der Waals surface area contributed by atoms with Crippen LogP contribution in [0, 0.1) is 17.3 Å². The highest BCUT2D eigenvalue weighted by Crippen LogP contribution is 2.67. The third kappa shape index (κ3) is 3.61. The maximum Gasteiger partial charge on any atom is 0.156 e. The van der Waals surface area contributed by atoms with Gasteiger partial charge >= 0.3 is 0 Å². The average Bonchev–Trinajstić information content (AvgIpc) is 3.07. The Balaban J connectivity index is 1.62. The fourth-order valence-electron chi connectivity index (χ4n) is 7.74. The second-order valence-corrected chi connectivity index (χ2v) is 11.3. The summed E-state index contributed by atoms with van der Waals surface area (Å²) < 4.78 is 5.41. The Hall–Kier alpha value is -1.91. The third-order valence-electron chi connectivity index (χ3n) is 9.59. The molecule has 1 aromatic carbocycles. The lowest BCUT2D eigenvalue weighted by atomic mass is 9.51. The number of ether oxygens (including phenoxy) is 1. The molecule has 5 rings (SSSR count). The van der Waals surface area contributed by atoms with Crippen LogP contribution in [0.5, 0.6) is 0 Å². The number of nitrogens with zero attached hydrogens (tertiary/aromatic N) is 1. The highest BCUT2D eigenvalue weighted by Gasteiger charge is 2.62. The van der Waals surface area contributed by atoms with Crippen LogP contribution in [0.3, 0.4) is 0 Å². The summed E-state index contributed by atoms with van der Waals surface area (Å²) in [5, 5.41) is 12.0. The van der Waals surface area contributed by atoms with Crippen LogP contribution in [-0.2, 0) is 9.53 Å². The molecular formula is C29H39NO3. The molecule has 33 heavy (non-hydrogen) atoms. The zero-order valence-electron chi connectivity index (χ0n) is 20.7. The number of fused-ring (bicyclic) bond motifs is 4. The second kappa shape index (κ2) is 8.39. The SMILES string of the molecule is COCC[C@]1(O)CC[C@H]2[C@@H]3CCC4=CC(=O)CCC4=C3[C@@H](c3ccc(N(C)C)cc3)C[C@@]21C. The molecule has 4 aliphatic rings. The Morgan fingerprint density at radius 1 is 1.12 bits per heavy atom. The Labute approximate surface area is 198 Å². The van der Waals surface area contributed by atoms with E-state index in [0.29, 0.717) is 37.2 Å². The molecule has 0 saturated heterocycles. The van der Waals surface area contributed by atoms with Crippen molar-refractivity contribution in [1.29, 1.82) is 0 Å². The lowest BCUT2D eigenvalue weighted by Crippen LogP contribution is -2.52. The average molecular weight is 450 g/mol. The van der Waals surface area contributed by atoms with Crippen molar-refractivity contribution in [2.75, 3.05) is 32.7 Å². The number of aliphatic hydroxyl groups is 1. The van der Waals surface area contributed by atoms with E-state index in [1.165, 1.54) is 22.4 Å². The van der Waals surface area contributed by atoms with Crippen LogP contribution in [-0.4, -0.2) is 44.3 Å². The molecule has 1 aromatic rings. The van der Waals surface area contributed by atoms with Gasteiger partial charge in [-0.2, -0.15) is 0 Å². The van der Waals surface area contributed by atoms with E-state index in [1.54, 1.807) is 12.7 Å². The molecule has 2 saturated carbocycles. The number of rotatable bonds is 5. The Bertz CT molecular complexity index is 991. The molecule has 4 nitrogen and oxygen atoms in total. The van der Waals surface area contributed by atoms with E-state index in [2.05, 4.69) is 50.2 Å². The lowest BCUT2D eigenvalue weighted by molar-refractivity contribution is -0.114. The molecule has 2 fully saturated rings. The van der Waals surface area contributed by atoms with Gasteiger partial charge in [-0.1, -0.05) is 24.6 Å². The molecule has 0 amide bonds. The lowest BCUT2D eigenvalue weighted by Gasteiger charge is -2.55. The summed E-state index contributed by atoms with van der Waals surface area (Å²) in [6, 6.07) is 9.03. The molecule has 4 aliphatic carbocycles. The molecule has 0 aromatic heterocycles. The Kier molecular flexibility index (Phi) is 5.81. The fourth-order valence-corrected chi connectivity index (χ4v) is 7.74. The first kappa shape index (κ1) is 22.9. The number of hydrogen-bond acceptors (Lipinski definition) is 4. The van der Waals surface area contributed by atoms with E-state index in [4.69, 9.17) is 4.74 Å². The van der Waals surface area contributed by atoms with E-state index in [-0.39, 0.29) is 11.2 Å². The Morgan fingerprint density at radius 2 is 1.88 bits per heavy atom. The summed E-state index contributed by atoms with van der Waals surface area (Å²) in [6.45, 7) is 2.97. The Morgan fingerprint density at radius 3 is 2.58 bits per heavy atom. The van der Waals surface area contributed by atoms with Gasteiger partial charge in [0.05, 0.1) is 5.60 Å². The number of benzene rings is 1. The number of allylic oxidation sites excluding steroid dienone is 4. The molecule has 178 valence electrons. The first-order chi connectivity index (χ1) is 15.8. The van der Waals surface area contributed by atoms with E-state index in [1.807, 2.05) is 6.08 Å². The molecule has 4 heteroatoms. The first-order valence-electron chi connectivity index (χ1n) is 12.7. The van der Waals surface area contributed by atoms with Crippen molar-refractivity contribution in [2.45, 2.75) is 69.8 Å². The summed E-state index contributed by atoms with van der Waals surface area (Å²) >= 11 is 0. The molecule has 0 radical (unpaired) electrons. The summed E-state index contributed by atoms with van der Waals surface area (Å²) in [7, 11) is 5.89. The van der Waals surface area contributed by atoms with Gasteiger partial charge in [0.15, 0.2) is 5.78 Å². The van der Waals surface area contributed by atoms with E-state index in [9.17, 15) is 9.90 Å². The van der Waals surface area contributed by atoms with Gasteiger partial charge < -0.3 is 14.7 Å². The minimum atomic E-state index is -0.676. The molecule has 0 unspecified atom stereocenters. The molecule has 0 bridgehead atoms. The second-order valence-electron chi connectivity index (χ2n) is 11.3. The number of ketones is 1. The highest BCUT2D eigenvalue weighted by atomic mass is 16.5. The van der Waals surface area contributed by atoms with Gasteiger partial charge in [0.25, 0.3) is 0 Å². The molecular weight excluding hydrogens is 410 g/mol. The van der Waals surface area contributed by atoms with Crippen molar-refractivity contribution >= 4 is 11.5 Å². The molecule has 5 atom stereocenters. The van der Waals surface area contributed by atoms with Gasteiger partial charge in [-0.25, -0.2) is 0 Å². The zero-order valence-corrected chi connectivity index (χ0v) is 20.7. The smallest absolute Gasteiger partial charge is 0.156 e. The van der Waals surface area contributed by atoms with Gasteiger partial charge in [-0.15, -0.1) is 0 Å². The van der Waals surface area contributed by atoms with Gasteiger partial charge in [-0.05, 0) is 85.3 Å². The summed E-state index contributed by atoms with van der Waals surface area (Å²) in [4.78, 5) is 14.3. The predicted octanol–water partition coefficient (Wildman–Crippen LogP) is 5.42. The monoisotopic (exact) mass is 449 g/mol. The van der Waals surface area contributed by atoms with Crippen molar-refractivity contribution < 1.29 is 14.6 Å². The zero-order chi connectivity index (χ0) is 23.4. The van der Waals surface area contributed by atoms with Crippen LogP contribution in [0.4, 0.5) is 5.69 Å². The third-order valence-corrected chi connectivity index (χ3v) is 9.59. The van der Waals surface area contributed by atoms with Crippen molar-refractivity contribution in [1.82, 2.24) is 0 Å². The number of anilines is 1. The summed E-state index contributed by atoms with van der Waals surface area (Å²) in [6.07, 6.45) is 9.20. The van der Waals surface area contributed by atoms with E-state index < -0.39 is 5.60 Å². The molecule has 0 aliphatic heterocycles. The van der Waals surface area contributed by atoms with Gasteiger partial charge in [0, 0.05) is 57.7 Å². The van der Waals surface area contributed by atoms with Crippen molar-refractivity contribution in [3.8, 4) is 0 Å². The van der Waals surface area contributed by atoms with E-state index >= 15 is 0 Å². The van der Waals surface area contributed by atoms with Gasteiger partial charge in [0.2, 0.25) is 0 Å². The summed E-state index contributed by atoms with van der Waals surface area (Å²) in [5.74, 6) is 1.58. The molecule has 0 spiro atoms. The topological polar surface area (TPSA) is 49.8 Å².